The molecule has 1 amide bonds. The van der Waals surface area contributed by atoms with Crippen molar-refractivity contribution in [3.63, 3.8) is 0 Å². The predicted molar refractivity (Wildman–Crippen MR) is 86.1 cm³/mol. The first kappa shape index (κ1) is 16.0. The molecule has 1 N–H and O–H groups in total. The second-order valence-electron chi connectivity index (χ2n) is 6.37. The Balaban J connectivity index is 1.62. The maximum atomic E-state index is 12.6. The second-order valence-corrected chi connectivity index (χ2v) is 6.37. The first-order valence-corrected chi connectivity index (χ1v) is 8.48. The molecule has 1 atom stereocenters. The topological polar surface area (TPSA) is 72.4 Å². The Morgan fingerprint density at radius 2 is 2.13 bits per heavy atom. The molecule has 6 heteroatoms. The van der Waals surface area contributed by atoms with E-state index in [4.69, 9.17) is 10.00 Å². The van der Waals surface area contributed by atoms with E-state index >= 15 is 0 Å². The number of rotatable bonds is 3. The number of nitrogens with one attached hydrogen (secondary N) is 1. The van der Waals surface area contributed by atoms with Gasteiger partial charge in [-0.3, -0.25) is 4.79 Å². The summed E-state index contributed by atoms with van der Waals surface area (Å²) in [6.07, 6.45) is 6.34. The number of carbonyl (C=O) groups is 1. The molecule has 0 radical (unpaired) electrons. The number of aromatic nitrogens is 1. The summed E-state index contributed by atoms with van der Waals surface area (Å²) in [6.45, 7) is 5.20. The molecule has 0 spiro atoms. The van der Waals surface area contributed by atoms with Crippen LogP contribution >= 0.6 is 0 Å². The molecule has 0 bridgehead atoms. The molecule has 2 aliphatic rings. The lowest BCUT2D eigenvalue weighted by molar-refractivity contribution is 0.0215. The van der Waals surface area contributed by atoms with Crippen LogP contribution in [0.5, 0.6) is 0 Å². The van der Waals surface area contributed by atoms with Crippen molar-refractivity contribution in [2.45, 2.75) is 31.8 Å². The first-order valence-electron chi connectivity index (χ1n) is 8.48. The molecule has 2 fully saturated rings. The Hall–Kier alpha value is -1.84. The summed E-state index contributed by atoms with van der Waals surface area (Å²) in [7, 11) is 0. The van der Waals surface area contributed by atoms with E-state index in [0.29, 0.717) is 31.0 Å². The Morgan fingerprint density at radius 1 is 1.30 bits per heavy atom. The lowest BCUT2D eigenvalue weighted by Crippen LogP contribution is -2.43. The van der Waals surface area contributed by atoms with Gasteiger partial charge in [0.15, 0.2) is 0 Å². The van der Waals surface area contributed by atoms with Crippen molar-refractivity contribution in [3.05, 3.63) is 23.5 Å². The average molecular weight is 316 g/mol. The third kappa shape index (κ3) is 4.12. The molecular weight excluding hydrogens is 292 g/mol. The van der Waals surface area contributed by atoms with E-state index in [0.717, 1.165) is 26.1 Å². The first-order chi connectivity index (χ1) is 11.3. The maximum Gasteiger partial charge on any atom is 0.270 e. The molecule has 0 aromatic carbocycles. The number of carbonyl (C=O) groups excluding carboxylic acids is 1. The molecule has 1 aromatic rings. The Labute approximate surface area is 137 Å². The fourth-order valence-electron chi connectivity index (χ4n) is 3.37. The third-order valence-electron chi connectivity index (χ3n) is 4.59. The highest BCUT2D eigenvalue weighted by atomic mass is 16.5. The summed E-state index contributed by atoms with van der Waals surface area (Å²) in [6, 6.07) is 3.67. The van der Waals surface area contributed by atoms with Gasteiger partial charge < -0.3 is 19.5 Å². The van der Waals surface area contributed by atoms with Crippen LogP contribution in [0.25, 0.3) is 0 Å². The van der Waals surface area contributed by atoms with Crippen LogP contribution in [0.3, 0.4) is 0 Å². The minimum absolute atomic E-state index is 0.0411. The van der Waals surface area contributed by atoms with Crippen molar-refractivity contribution in [1.29, 1.82) is 5.26 Å². The van der Waals surface area contributed by atoms with Crippen molar-refractivity contribution in [1.82, 2.24) is 14.8 Å². The van der Waals surface area contributed by atoms with E-state index in [1.54, 1.807) is 12.3 Å². The zero-order valence-corrected chi connectivity index (χ0v) is 13.5. The van der Waals surface area contributed by atoms with E-state index in [2.05, 4.69) is 9.88 Å². The number of hydrogen-bond acceptors (Lipinski definition) is 4. The number of H-pyrrole nitrogens is 1. The lowest BCUT2D eigenvalue weighted by atomic mass is 10.1. The molecule has 6 nitrogen and oxygen atoms in total. The van der Waals surface area contributed by atoms with Crippen LogP contribution in [0.15, 0.2) is 12.3 Å². The summed E-state index contributed by atoms with van der Waals surface area (Å²) < 4.78 is 5.95. The standard InChI is InChI=1S/C17H24N4O2/c18-10-14-9-16(19-11-14)17(22)21-7-4-8-23-15(13-21)12-20-5-2-1-3-6-20/h9,11,15,19H,1-8,12-13H2/t15-/m1/s1. The quantitative estimate of drug-likeness (QED) is 0.919. The van der Waals surface area contributed by atoms with Gasteiger partial charge in [0.05, 0.1) is 11.7 Å². The summed E-state index contributed by atoms with van der Waals surface area (Å²) in [5.74, 6) is -0.0411. The molecule has 2 aliphatic heterocycles. The highest BCUT2D eigenvalue weighted by Crippen LogP contribution is 2.15. The summed E-state index contributed by atoms with van der Waals surface area (Å²) in [5, 5.41) is 8.89. The molecule has 0 unspecified atom stereocenters. The summed E-state index contributed by atoms with van der Waals surface area (Å²) in [4.78, 5) is 19.8. The monoisotopic (exact) mass is 316 g/mol. The van der Waals surface area contributed by atoms with Crippen molar-refractivity contribution in [3.8, 4) is 6.07 Å². The van der Waals surface area contributed by atoms with Gasteiger partial charge in [0.25, 0.3) is 5.91 Å². The summed E-state index contributed by atoms with van der Waals surface area (Å²) >= 11 is 0. The van der Waals surface area contributed by atoms with E-state index in [1.807, 2.05) is 11.0 Å². The highest BCUT2D eigenvalue weighted by Gasteiger charge is 2.26. The number of ether oxygens (including phenoxy) is 1. The van der Waals surface area contributed by atoms with Crippen molar-refractivity contribution >= 4 is 5.91 Å². The fourth-order valence-corrected chi connectivity index (χ4v) is 3.37. The predicted octanol–water partition coefficient (Wildman–Crippen LogP) is 1.60. The fraction of sp³-hybridized carbons (Fsp3) is 0.647. The van der Waals surface area contributed by atoms with Gasteiger partial charge in [0.1, 0.15) is 11.8 Å². The Bertz CT molecular complexity index is 571. The normalized spacial score (nSPS) is 23.3. The van der Waals surface area contributed by atoms with Crippen LogP contribution in [-0.2, 0) is 4.74 Å². The molecule has 0 saturated carbocycles. The van der Waals surface area contributed by atoms with Gasteiger partial charge in [-0.05, 0) is 38.4 Å². The number of amides is 1. The lowest BCUT2D eigenvalue weighted by Gasteiger charge is -2.31. The van der Waals surface area contributed by atoms with E-state index in [-0.39, 0.29) is 12.0 Å². The van der Waals surface area contributed by atoms with Gasteiger partial charge >= 0.3 is 0 Å². The molecule has 23 heavy (non-hydrogen) atoms. The zero-order valence-electron chi connectivity index (χ0n) is 13.5. The molecule has 0 aliphatic carbocycles. The molecule has 3 heterocycles. The Morgan fingerprint density at radius 3 is 2.87 bits per heavy atom. The van der Waals surface area contributed by atoms with Crippen LogP contribution in [0, 0.1) is 11.3 Å². The summed E-state index contributed by atoms with van der Waals surface area (Å²) in [5.41, 5.74) is 0.976. The third-order valence-corrected chi connectivity index (χ3v) is 4.59. The van der Waals surface area contributed by atoms with E-state index in [1.165, 1.54) is 19.3 Å². The van der Waals surface area contributed by atoms with Gasteiger partial charge in [0.2, 0.25) is 0 Å². The van der Waals surface area contributed by atoms with Crippen LogP contribution < -0.4 is 0 Å². The van der Waals surface area contributed by atoms with Crippen molar-refractivity contribution in [2.24, 2.45) is 0 Å². The number of likely N-dealkylation sites (tertiary alicyclic amines) is 1. The largest absolute Gasteiger partial charge is 0.375 e. The SMILES string of the molecule is N#Cc1c[nH]c(C(=O)N2CCCO[C@H](CN3CCCCC3)C2)c1. The molecule has 124 valence electrons. The van der Waals surface area contributed by atoms with E-state index in [9.17, 15) is 4.79 Å². The van der Waals surface area contributed by atoms with Gasteiger partial charge in [-0.2, -0.15) is 5.26 Å². The highest BCUT2D eigenvalue weighted by molar-refractivity contribution is 5.92. The van der Waals surface area contributed by atoms with Gasteiger partial charge in [-0.25, -0.2) is 0 Å². The average Bonchev–Trinajstić information content (AvgIpc) is 2.95. The van der Waals surface area contributed by atoms with Crippen LogP contribution in [0.1, 0.15) is 41.7 Å². The molecule has 1 aromatic heterocycles. The molecular formula is C17H24N4O2. The van der Waals surface area contributed by atoms with Crippen LogP contribution in [-0.4, -0.2) is 66.1 Å². The van der Waals surface area contributed by atoms with Crippen molar-refractivity contribution < 1.29 is 9.53 Å². The minimum atomic E-state index is -0.0411. The number of hydrogen-bond donors (Lipinski definition) is 1. The van der Waals surface area contributed by atoms with Crippen LogP contribution in [0.2, 0.25) is 0 Å². The minimum Gasteiger partial charge on any atom is -0.375 e. The second kappa shape index (κ2) is 7.62. The number of nitrogens with zero attached hydrogens (tertiary/aromatic N) is 3. The smallest absolute Gasteiger partial charge is 0.270 e. The van der Waals surface area contributed by atoms with E-state index < -0.39 is 0 Å². The van der Waals surface area contributed by atoms with Crippen LogP contribution in [0.4, 0.5) is 0 Å². The number of piperidine rings is 1. The van der Waals surface area contributed by atoms with Gasteiger partial charge in [0, 0.05) is 32.4 Å². The Kier molecular flexibility index (Phi) is 5.31. The van der Waals surface area contributed by atoms with Crippen molar-refractivity contribution in [2.75, 3.05) is 39.3 Å². The van der Waals surface area contributed by atoms with Gasteiger partial charge in [-0.1, -0.05) is 6.42 Å². The molecule has 2 saturated heterocycles. The number of nitriles is 1. The van der Waals surface area contributed by atoms with Gasteiger partial charge in [-0.15, -0.1) is 0 Å². The number of aromatic amines is 1. The zero-order chi connectivity index (χ0) is 16.1. The molecule has 3 rings (SSSR count). The maximum absolute atomic E-state index is 12.6.